The van der Waals surface area contributed by atoms with E-state index in [4.69, 9.17) is 10.2 Å². The van der Waals surface area contributed by atoms with Gasteiger partial charge in [0.25, 0.3) is 0 Å². The second kappa shape index (κ2) is 7.12. The number of carbonyl (C=O) groups is 1. The maximum Gasteiger partial charge on any atom is 0.310 e. The van der Waals surface area contributed by atoms with E-state index in [0.29, 0.717) is 5.75 Å². The Hall–Kier alpha value is -2.29. The fraction of sp³-hybridized carbons (Fsp3) is 0.133. The van der Waals surface area contributed by atoms with Gasteiger partial charge in [0, 0.05) is 0 Å². The van der Waals surface area contributed by atoms with Gasteiger partial charge in [0.15, 0.2) is 0 Å². The number of phenolic OH excluding ortho intramolecular Hbond substituents is 1. The zero-order valence-electron chi connectivity index (χ0n) is 10.2. The van der Waals surface area contributed by atoms with E-state index in [9.17, 15) is 4.79 Å². The summed E-state index contributed by atoms with van der Waals surface area (Å²) in [5, 5.41) is 17.3. The molecule has 0 aliphatic heterocycles. The molecule has 1 unspecified atom stereocenters. The Morgan fingerprint density at radius 3 is 1.72 bits per heavy atom. The number of carboxylic acid groups (broad SMARTS) is 1. The molecule has 3 nitrogen and oxygen atoms in total. The molecule has 3 heteroatoms. The average molecular weight is 244 g/mol. The van der Waals surface area contributed by atoms with Crippen LogP contribution in [0.1, 0.15) is 18.4 Å². The number of hydrogen-bond donors (Lipinski definition) is 2. The Kier molecular flexibility index (Phi) is 5.45. The van der Waals surface area contributed by atoms with Crippen molar-refractivity contribution in [2.24, 2.45) is 0 Å². The van der Waals surface area contributed by atoms with Crippen LogP contribution in [0.4, 0.5) is 0 Å². The molecule has 0 aliphatic rings. The average Bonchev–Trinajstić information content (AvgIpc) is 2.40. The minimum absolute atomic E-state index is 0.322. The van der Waals surface area contributed by atoms with Gasteiger partial charge >= 0.3 is 5.97 Å². The zero-order valence-corrected chi connectivity index (χ0v) is 10.2. The van der Waals surface area contributed by atoms with Crippen molar-refractivity contribution in [3.63, 3.8) is 0 Å². The second-order valence-electron chi connectivity index (χ2n) is 3.81. The summed E-state index contributed by atoms with van der Waals surface area (Å²) >= 11 is 0. The number of hydrogen-bond acceptors (Lipinski definition) is 2. The van der Waals surface area contributed by atoms with Crippen LogP contribution in [0.25, 0.3) is 0 Å². The molecule has 0 saturated heterocycles. The van der Waals surface area contributed by atoms with Crippen molar-refractivity contribution in [2.45, 2.75) is 12.8 Å². The molecule has 0 aromatic heterocycles. The first-order valence-corrected chi connectivity index (χ1v) is 5.63. The lowest BCUT2D eigenvalue weighted by atomic mass is 10.0. The fourth-order valence-electron chi connectivity index (χ4n) is 1.31. The lowest BCUT2D eigenvalue weighted by Crippen LogP contribution is -2.06. The van der Waals surface area contributed by atoms with Crippen molar-refractivity contribution in [1.82, 2.24) is 0 Å². The van der Waals surface area contributed by atoms with Gasteiger partial charge in [0.1, 0.15) is 5.75 Å². The predicted molar refractivity (Wildman–Crippen MR) is 70.6 cm³/mol. The summed E-state index contributed by atoms with van der Waals surface area (Å²) in [6, 6.07) is 17.9. The third-order valence-corrected chi connectivity index (χ3v) is 2.43. The van der Waals surface area contributed by atoms with Crippen molar-refractivity contribution in [3.8, 4) is 5.75 Å². The third kappa shape index (κ3) is 4.70. The predicted octanol–water partition coefficient (Wildman–Crippen LogP) is 3.27. The number of para-hydroxylation sites is 1. The molecule has 0 spiro atoms. The molecule has 1 atom stereocenters. The van der Waals surface area contributed by atoms with Gasteiger partial charge < -0.3 is 10.2 Å². The van der Waals surface area contributed by atoms with E-state index < -0.39 is 11.9 Å². The van der Waals surface area contributed by atoms with E-state index in [-0.39, 0.29) is 0 Å². The number of rotatable bonds is 2. The Bertz CT molecular complexity index is 466. The molecule has 2 aromatic carbocycles. The van der Waals surface area contributed by atoms with E-state index in [2.05, 4.69) is 0 Å². The van der Waals surface area contributed by atoms with Crippen LogP contribution in [0.2, 0.25) is 0 Å². The lowest BCUT2D eigenvalue weighted by molar-refractivity contribution is -0.138. The maximum absolute atomic E-state index is 10.5. The Morgan fingerprint density at radius 1 is 0.944 bits per heavy atom. The Balaban J connectivity index is 0.000000199. The molecular weight excluding hydrogens is 228 g/mol. The van der Waals surface area contributed by atoms with Crippen molar-refractivity contribution in [1.29, 1.82) is 0 Å². The molecule has 0 saturated carbocycles. The first-order valence-electron chi connectivity index (χ1n) is 5.63. The normalized spacial score (nSPS) is 10.9. The van der Waals surface area contributed by atoms with Crippen LogP contribution in [-0.4, -0.2) is 16.2 Å². The summed E-state index contributed by atoms with van der Waals surface area (Å²) in [4.78, 5) is 10.5. The molecular formula is C15H16O3. The molecule has 0 aliphatic carbocycles. The molecule has 2 aromatic rings. The van der Waals surface area contributed by atoms with Gasteiger partial charge in [0.2, 0.25) is 0 Å². The Morgan fingerprint density at radius 2 is 1.39 bits per heavy atom. The van der Waals surface area contributed by atoms with Crippen molar-refractivity contribution in [2.75, 3.05) is 0 Å². The summed E-state index contributed by atoms with van der Waals surface area (Å²) in [7, 11) is 0. The van der Waals surface area contributed by atoms with E-state index in [1.54, 1.807) is 31.2 Å². The molecule has 0 fully saturated rings. The van der Waals surface area contributed by atoms with E-state index >= 15 is 0 Å². The van der Waals surface area contributed by atoms with Crippen LogP contribution >= 0.6 is 0 Å². The maximum atomic E-state index is 10.5. The van der Waals surface area contributed by atoms with Gasteiger partial charge in [-0.3, -0.25) is 4.79 Å². The number of aliphatic carboxylic acids is 1. The first-order chi connectivity index (χ1) is 8.61. The van der Waals surface area contributed by atoms with E-state index in [1.807, 2.05) is 36.4 Å². The van der Waals surface area contributed by atoms with Gasteiger partial charge in [-0.05, 0) is 24.6 Å². The second-order valence-corrected chi connectivity index (χ2v) is 3.81. The number of carboxylic acids is 1. The Labute approximate surface area is 106 Å². The molecule has 94 valence electrons. The molecule has 0 heterocycles. The molecule has 0 amide bonds. The van der Waals surface area contributed by atoms with Crippen LogP contribution in [0.5, 0.6) is 5.75 Å². The summed E-state index contributed by atoms with van der Waals surface area (Å²) in [6.45, 7) is 1.68. The molecule has 18 heavy (non-hydrogen) atoms. The first kappa shape index (κ1) is 13.8. The molecule has 0 bridgehead atoms. The van der Waals surface area contributed by atoms with E-state index in [0.717, 1.165) is 5.56 Å². The van der Waals surface area contributed by atoms with Gasteiger partial charge in [-0.2, -0.15) is 0 Å². The van der Waals surface area contributed by atoms with Crippen LogP contribution in [0.15, 0.2) is 60.7 Å². The molecule has 2 N–H and O–H groups in total. The van der Waals surface area contributed by atoms with Gasteiger partial charge in [-0.15, -0.1) is 0 Å². The topological polar surface area (TPSA) is 57.5 Å². The highest BCUT2D eigenvalue weighted by Gasteiger charge is 2.11. The minimum atomic E-state index is -0.781. The summed E-state index contributed by atoms with van der Waals surface area (Å²) in [5.41, 5.74) is 0.847. The van der Waals surface area contributed by atoms with Crippen molar-refractivity contribution in [3.05, 3.63) is 66.2 Å². The number of benzene rings is 2. The highest BCUT2D eigenvalue weighted by molar-refractivity contribution is 5.75. The van der Waals surface area contributed by atoms with Gasteiger partial charge in [0.05, 0.1) is 5.92 Å². The highest BCUT2D eigenvalue weighted by atomic mass is 16.4. The van der Waals surface area contributed by atoms with Crippen LogP contribution in [-0.2, 0) is 4.79 Å². The summed E-state index contributed by atoms with van der Waals surface area (Å²) in [5.74, 6) is -0.866. The van der Waals surface area contributed by atoms with Crippen LogP contribution in [0, 0.1) is 0 Å². The summed E-state index contributed by atoms with van der Waals surface area (Å²) < 4.78 is 0. The van der Waals surface area contributed by atoms with Gasteiger partial charge in [-0.25, -0.2) is 0 Å². The smallest absolute Gasteiger partial charge is 0.310 e. The number of phenols is 1. The largest absolute Gasteiger partial charge is 0.508 e. The monoisotopic (exact) mass is 244 g/mol. The van der Waals surface area contributed by atoms with Crippen molar-refractivity contribution < 1.29 is 15.0 Å². The third-order valence-electron chi connectivity index (χ3n) is 2.43. The molecule has 0 radical (unpaired) electrons. The number of aromatic hydroxyl groups is 1. The fourth-order valence-corrected chi connectivity index (χ4v) is 1.31. The lowest BCUT2D eigenvalue weighted by Gasteiger charge is -2.04. The van der Waals surface area contributed by atoms with Crippen LogP contribution < -0.4 is 0 Å². The zero-order chi connectivity index (χ0) is 13.4. The van der Waals surface area contributed by atoms with E-state index in [1.165, 1.54) is 0 Å². The van der Waals surface area contributed by atoms with Crippen LogP contribution in [0.3, 0.4) is 0 Å². The minimum Gasteiger partial charge on any atom is -0.508 e. The highest BCUT2D eigenvalue weighted by Crippen LogP contribution is 2.13. The SMILES string of the molecule is CC(C(=O)O)c1ccccc1.Oc1ccccc1. The van der Waals surface area contributed by atoms with Gasteiger partial charge in [-0.1, -0.05) is 48.5 Å². The quantitative estimate of drug-likeness (QED) is 0.852. The molecule has 2 rings (SSSR count). The summed E-state index contributed by atoms with van der Waals surface area (Å²) in [6.07, 6.45) is 0. The standard InChI is InChI=1S/C9H10O2.C6H6O/c1-7(9(10)11)8-5-3-2-4-6-8;7-6-4-2-1-3-5-6/h2-7H,1H3,(H,10,11);1-5,7H. The van der Waals surface area contributed by atoms with Crippen molar-refractivity contribution >= 4 is 5.97 Å².